The number of hydrogen-bond donors (Lipinski definition) is 1. The molecule has 9 heteroatoms. The summed E-state index contributed by atoms with van der Waals surface area (Å²) < 4.78 is 5.62. The molecule has 0 saturated heterocycles. The van der Waals surface area contributed by atoms with E-state index in [-0.39, 0.29) is 5.69 Å². The number of halogens is 3. The summed E-state index contributed by atoms with van der Waals surface area (Å²) in [6, 6.07) is 6.53. The lowest BCUT2D eigenvalue weighted by Gasteiger charge is -2.03. The van der Waals surface area contributed by atoms with Gasteiger partial charge < -0.3 is 4.42 Å². The van der Waals surface area contributed by atoms with Gasteiger partial charge in [0.15, 0.2) is 0 Å². The highest BCUT2D eigenvalue weighted by Crippen LogP contribution is 2.35. The van der Waals surface area contributed by atoms with Crippen LogP contribution in [0.5, 0.6) is 0 Å². The number of nitrogens with one attached hydrogen (secondary N) is 1. The SMILES string of the molecule is O=C(N/N=C\c1ccc(-c2cc(Cl)c(Cl)cc2Cl)o1)c1cnccn1. The fourth-order valence-electron chi connectivity index (χ4n) is 1.91. The molecule has 0 spiro atoms. The zero-order valence-corrected chi connectivity index (χ0v) is 14.7. The Morgan fingerprint density at radius 3 is 2.68 bits per heavy atom. The van der Waals surface area contributed by atoms with Crippen LogP contribution in [0.4, 0.5) is 0 Å². The van der Waals surface area contributed by atoms with Crippen LogP contribution in [0.15, 0.2) is 52.4 Å². The number of amides is 1. The zero-order chi connectivity index (χ0) is 17.8. The van der Waals surface area contributed by atoms with E-state index in [2.05, 4.69) is 20.5 Å². The van der Waals surface area contributed by atoms with Gasteiger partial charge in [0.25, 0.3) is 5.91 Å². The third-order valence-corrected chi connectivity index (χ3v) is 4.09. The molecule has 0 fully saturated rings. The van der Waals surface area contributed by atoms with Crippen molar-refractivity contribution in [3.8, 4) is 11.3 Å². The first-order chi connectivity index (χ1) is 12.0. The number of aromatic nitrogens is 2. The molecule has 3 aromatic rings. The van der Waals surface area contributed by atoms with E-state index < -0.39 is 5.91 Å². The zero-order valence-electron chi connectivity index (χ0n) is 12.4. The summed E-state index contributed by atoms with van der Waals surface area (Å²) in [7, 11) is 0. The fourth-order valence-corrected chi connectivity index (χ4v) is 2.55. The Bertz CT molecular complexity index is 942. The van der Waals surface area contributed by atoms with E-state index in [0.717, 1.165) is 0 Å². The van der Waals surface area contributed by atoms with Gasteiger partial charge in [0.05, 0.1) is 27.5 Å². The van der Waals surface area contributed by atoms with Gasteiger partial charge in [0.1, 0.15) is 17.2 Å². The van der Waals surface area contributed by atoms with Gasteiger partial charge >= 0.3 is 0 Å². The quantitative estimate of drug-likeness (QED) is 0.402. The van der Waals surface area contributed by atoms with Crippen molar-refractivity contribution in [2.45, 2.75) is 0 Å². The molecule has 2 heterocycles. The predicted molar refractivity (Wildman–Crippen MR) is 96.3 cm³/mol. The molecule has 0 bridgehead atoms. The second-order valence-corrected chi connectivity index (χ2v) is 5.96. The van der Waals surface area contributed by atoms with Crippen LogP contribution in [-0.2, 0) is 0 Å². The monoisotopic (exact) mass is 394 g/mol. The van der Waals surface area contributed by atoms with Gasteiger partial charge in [0.2, 0.25) is 0 Å². The molecule has 0 atom stereocenters. The van der Waals surface area contributed by atoms with Crippen LogP contribution in [0.1, 0.15) is 16.2 Å². The third-order valence-electron chi connectivity index (χ3n) is 3.06. The van der Waals surface area contributed by atoms with Crippen molar-refractivity contribution in [2.75, 3.05) is 0 Å². The van der Waals surface area contributed by atoms with Gasteiger partial charge in [-0.15, -0.1) is 0 Å². The number of hydrazone groups is 1. The molecular weight excluding hydrogens is 387 g/mol. The fraction of sp³-hybridized carbons (Fsp3) is 0. The molecule has 2 aromatic heterocycles. The van der Waals surface area contributed by atoms with Gasteiger partial charge in [-0.05, 0) is 24.3 Å². The van der Waals surface area contributed by atoms with Crippen molar-refractivity contribution in [3.05, 3.63) is 69.4 Å². The minimum atomic E-state index is -0.483. The number of benzene rings is 1. The first-order valence-corrected chi connectivity index (χ1v) is 8.02. The summed E-state index contributed by atoms with van der Waals surface area (Å²) in [5.41, 5.74) is 3.08. The molecule has 1 amide bonds. The lowest BCUT2D eigenvalue weighted by Crippen LogP contribution is -2.18. The van der Waals surface area contributed by atoms with E-state index in [0.29, 0.717) is 32.2 Å². The van der Waals surface area contributed by atoms with Crippen LogP contribution in [0.3, 0.4) is 0 Å². The topological polar surface area (TPSA) is 80.4 Å². The van der Waals surface area contributed by atoms with E-state index in [9.17, 15) is 4.79 Å². The van der Waals surface area contributed by atoms with Gasteiger partial charge in [-0.3, -0.25) is 9.78 Å². The van der Waals surface area contributed by atoms with Gasteiger partial charge in [-0.25, -0.2) is 10.4 Å². The molecule has 1 N–H and O–H groups in total. The lowest BCUT2D eigenvalue weighted by atomic mass is 10.2. The molecular formula is C16H9Cl3N4O2. The van der Waals surface area contributed by atoms with Crippen LogP contribution in [0.25, 0.3) is 11.3 Å². The summed E-state index contributed by atoms with van der Waals surface area (Å²) in [6.07, 6.45) is 5.57. The van der Waals surface area contributed by atoms with Crippen LogP contribution in [0.2, 0.25) is 15.1 Å². The minimum Gasteiger partial charge on any atom is -0.455 e. The highest BCUT2D eigenvalue weighted by Gasteiger charge is 2.11. The smallest absolute Gasteiger partial charge is 0.291 e. The molecule has 0 aliphatic heterocycles. The summed E-state index contributed by atoms with van der Waals surface area (Å²) in [4.78, 5) is 19.4. The normalized spacial score (nSPS) is 11.0. The third kappa shape index (κ3) is 4.17. The maximum absolute atomic E-state index is 11.8. The van der Waals surface area contributed by atoms with Gasteiger partial charge in [-0.1, -0.05) is 34.8 Å². The highest BCUT2D eigenvalue weighted by atomic mass is 35.5. The molecule has 0 radical (unpaired) electrons. The number of nitrogens with zero attached hydrogens (tertiary/aromatic N) is 3. The van der Waals surface area contributed by atoms with Crippen molar-refractivity contribution in [2.24, 2.45) is 5.10 Å². The minimum absolute atomic E-state index is 0.155. The molecule has 0 unspecified atom stereocenters. The second-order valence-electron chi connectivity index (χ2n) is 4.74. The van der Waals surface area contributed by atoms with Crippen LogP contribution in [-0.4, -0.2) is 22.1 Å². The van der Waals surface area contributed by atoms with Gasteiger partial charge in [-0.2, -0.15) is 5.10 Å². The molecule has 1 aromatic carbocycles. The number of hydrogen-bond acceptors (Lipinski definition) is 5. The molecule has 0 aliphatic carbocycles. The molecule has 25 heavy (non-hydrogen) atoms. The molecule has 126 valence electrons. The number of rotatable bonds is 4. The Balaban J connectivity index is 1.72. The van der Waals surface area contributed by atoms with E-state index in [1.165, 1.54) is 30.9 Å². The van der Waals surface area contributed by atoms with Crippen molar-refractivity contribution in [1.29, 1.82) is 0 Å². The standard InChI is InChI=1S/C16H9Cl3N4O2/c17-11-6-13(19)12(18)5-10(11)15-2-1-9(25-15)7-22-23-16(24)14-8-20-3-4-21-14/h1-8H,(H,23,24)/b22-7-. The van der Waals surface area contributed by atoms with E-state index in [1.54, 1.807) is 18.2 Å². The first-order valence-electron chi connectivity index (χ1n) is 6.89. The summed E-state index contributed by atoms with van der Waals surface area (Å²) in [6.45, 7) is 0. The predicted octanol–water partition coefficient (Wildman–Crippen LogP) is 4.46. The maximum atomic E-state index is 11.8. The Morgan fingerprint density at radius 2 is 1.92 bits per heavy atom. The van der Waals surface area contributed by atoms with Crippen molar-refractivity contribution >= 4 is 46.9 Å². The number of carbonyl (C=O) groups is 1. The van der Waals surface area contributed by atoms with Crippen LogP contribution < -0.4 is 5.43 Å². The lowest BCUT2D eigenvalue weighted by molar-refractivity contribution is 0.0949. The number of furan rings is 1. The summed E-state index contributed by atoms with van der Waals surface area (Å²) in [5.74, 6) is 0.422. The Morgan fingerprint density at radius 1 is 1.12 bits per heavy atom. The molecule has 0 aliphatic rings. The van der Waals surface area contributed by atoms with Crippen molar-refractivity contribution < 1.29 is 9.21 Å². The summed E-state index contributed by atoms with van der Waals surface area (Å²) >= 11 is 18.1. The Kier molecular flexibility index (Phi) is 5.33. The average Bonchev–Trinajstić information content (AvgIpc) is 3.07. The maximum Gasteiger partial charge on any atom is 0.291 e. The van der Waals surface area contributed by atoms with E-state index in [4.69, 9.17) is 39.2 Å². The molecule has 0 saturated carbocycles. The Labute approximate surface area is 157 Å². The van der Waals surface area contributed by atoms with E-state index >= 15 is 0 Å². The van der Waals surface area contributed by atoms with Crippen molar-refractivity contribution in [3.63, 3.8) is 0 Å². The van der Waals surface area contributed by atoms with Crippen LogP contribution >= 0.6 is 34.8 Å². The second kappa shape index (κ2) is 7.65. The van der Waals surface area contributed by atoms with Crippen LogP contribution in [0, 0.1) is 0 Å². The molecule has 3 rings (SSSR count). The number of carbonyl (C=O) groups excluding carboxylic acids is 1. The average molecular weight is 396 g/mol. The summed E-state index contributed by atoms with van der Waals surface area (Å²) in [5, 5.41) is 4.94. The van der Waals surface area contributed by atoms with Crippen molar-refractivity contribution in [1.82, 2.24) is 15.4 Å². The largest absolute Gasteiger partial charge is 0.455 e. The first kappa shape index (κ1) is 17.4. The van der Waals surface area contributed by atoms with Gasteiger partial charge in [0, 0.05) is 18.0 Å². The van der Waals surface area contributed by atoms with E-state index in [1.807, 2.05) is 0 Å². The Hall–Kier alpha value is -2.41. The highest BCUT2D eigenvalue weighted by molar-refractivity contribution is 6.44. The molecule has 6 nitrogen and oxygen atoms in total.